The molecule has 0 spiro atoms. The second-order valence-corrected chi connectivity index (χ2v) is 7.56. The summed E-state index contributed by atoms with van der Waals surface area (Å²) in [7, 11) is 0. The Kier molecular flexibility index (Phi) is 5.69. The van der Waals surface area contributed by atoms with Crippen molar-refractivity contribution in [1.82, 2.24) is 20.5 Å². The Morgan fingerprint density at radius 1 is 1.26 bits per heavy atom. The first-order chi connectivity index (χ1) is 14.9. The van der Waals surface area contributed by atoms with Crippen LogP contribution in [-0.2, 0) is 27.5 Å². The van der Waals surface area contributed by atoms with E-state index in [4.69, 9.17) is 11.6 Å². The summed E-state index contributed by atoms with van der Waals surface area (Å²) in [4.78, 5) is 53.7. The second-order valence-electron chi connectivity index (χ2n) is 7.17. The smallest absolute Gasteiger partial charge is 0.296 e. The minimum Gasteiger partial charge on any atom is -0.341 e. The lowest BCUT2D eigenvalue weighted by atomic mass is 10.0. The Balaban J connectivity index is 1.39. The molecule has 31 heavy (non-hydrogen) atoms. The van der Waals surface area contributed by atoms with Crippen molar-refractivity contribution in [1.29, 1.82) is 0 Å². The van der Waals surface area contributed by atoms with Gasteiger partial charge in [-0.2, -0.15) is 0 Å². The van der Waals surface area contributed by atoms with E-state index in [2.05, 4.69) is 27.5 Å². The number of carbonyl (C=O) groups excluding carboxylic acids is 4. The molecule has 1 fully saturated rings. The molecule has 0 radical (unpaired) electrons. The number of halogens is 1. The van der Waals surface area contributed by atoms with Crippen LogP contribution in [0.3, 0.4) is 0 Å². The van der Waals surface area contributed by atoms with E-state index in [0.717, 1.165) is 11.1 Å². The fraction of sp³-hybridized carbons (Fsp3) is 0.227. The maximum Gasteiger partial charge on any atom is 0.296 e. The van der Waals surface area contributed by atoms with Gasteiger partial charge in [-0.15, -0.1) is 0 Å². The Morgan fingerprint density at radius 2 is 2.10 bits per heavy atom. The number of hydrogen-bond acceptors (Lipinski definition) is 5. The number of aromatic nitrogens is 1. The van der Waals surface area contributed by atoms with Gasteiger partial charge in [0.05, 0.1) is 0 Å². The highest BCUT2D eigenvalue weighted by Crippen LogP contribution is 2.28. The fourth-order valence-corrected chi connectivity index (χ4v) is 3.73. The first kappa shape index (κ1) is 20.6. The number of hydrogen-bond donors (Lipinski definition) is 2. The summed E-state index contributed by atoms with van der Waals surface area (Å²) in [5.41, 5.74) is 2.49. The van der Waals surface area contributed by atoms with E-state index in [1.54, 1.807) is 30.3 Å². The number of fused-ring (bicyclic) bond motifs is 1. The molecule has 0 saturated carbocycles. The Bertz CT molecular complexity index is 1170. The third kappa shape index (κ3) is 4.57. The predicted octanol–water partition coefficient (Wildman–Crippen LogP) is 1.16. The van der Waals surface area contributed by atoms with Crippen molar-refractivity contribution in [3.63, 3.8) is 0 Å². The van der Waals surface area contributed by atoms with E-state index in [0.29, 0.717) is 22.8 Å². The lowest BCUT2D eigenvalue weighted by molar-refractivity contribution is -0.137. The van der Waals surface area contributed by atoms with Crippen molar-refractivity contribution in [3.8, 4) is 11.8 Å². The molecule has 1 unspecified atom stereocenters. The summed E-state index contributed by atoms with van der Waals surface area (Å²) in [5, 5.41) is 5.28. The quantitative estimate of drug-likeness (QED) is 0.426. The summed E-state index contributed by atoms with van der Waals surface area (Å²) in [6.07, 6.45) is 0.521. The Hall–Kier alpha value is -3.70. The van der Waals surface area contributed by atoms with E-state index in [1.165, 1.54) is 4.90 Å². The highest BCUT2D eigenvalue weighted by atomic mass is 35.5. The third-order valence-electron chi connectivity index (χ3n) is 5.06. The van der Waals surface area contributed by atoms with Gasteiger partial charge in [0, 0.05) is 31.0 Å². The number of piperidine rings is 1. The summed E-state index contributed by atoms with van der Waals surface area (Å²) >= 11 is 5.79. The molecule has 4 amide bonds. The third-order valence-corrected chi connectivity index (χ3v) is 5.27. The number of carbonyl (C=O) groups is 4. The van der Waals surface area contributed by atoms with Crippen LogP contribution in [0.2, 0.25) is 5.15 Å². The van der Waals surface area contributed by atoms with Gasteiger partial charge in [-0.3, -0.25) is 24.5 Å². The zero-order chi connectivity index (χ0) is 22.0. The Labute approximate surface area is 183 Å². The molecule has 1 aromatic carbocycles. The van der Waals surface area contributed by atoms with Gasteiger partial charge in [0.15, 0.2) is 0 Å². The van der Waals surface area contributed by atoms with Gasteiger partial charge in [-0.05, 0) is 41.7 Å². The van der Waals surface area contributed by atoms with Crippen molar-refractivity contribution in [2.75, 3.05) is 0 Å². The van der Waals surface area contributed by atoms with Crippen LogP contribution in [-0.4, -0.2) is 39.6 Å². The minimum absolute atomic E-state index is 0.208. The fourth-order valence-electron chi connectivity index (χ4n) is 3.56. The summed E-state index contributed by atoms with van der Waals surface area (Å²) in [6, 6.07) is 9.57. The van der Waals surface area contributed by atoms with Gasteiger partial charge >= 0.3 is 0 Å². The number of imide groups is 1. The minimum atomic E-state index is -0.656. The summed E-state index contributed by atoms with van der Waals surface area (Å²) < 4.78 is 0. The van der Waals surface area contributed by atoms with Crippen LogP contribution in [0.15, 0.2) is 36.4 Å². The van der Waals surface area contributed by atoms with Crippen molar-refractivity contribution in [3.05, 3.63) is 63.9 Å². The van der Waals surface area contributed by atoms with Crippen molar-refractivity contribution >= 4 is 35.2 Å². The molecule has 0 bridgehead atoms. The zero-order valence-electron chi connectivity index (χ0n) is 16.3. The highest BCUT2D eigenvalue weighted by molar-refractivity contribution is 6.29. The average Bonchev–Trinajstić information content (AvgIpc) is 3.06. The van der Waals surface area contributed by atoms with Crippen LogP contribution in [0, 0.1) is 11.8 Å². The average molecular weight is 437 g/mol. The molecule has 2 N–H and O–H groups in total. The van der Waals surface area contributed by atoms with E-state index < -0.39 is 17.9 Å². The van der Waals surface area contributed by atoms with Crippen LogP contribution in [0.1, 0.15) is 40.0 Å². The first-order valence-corrected chi connectivity index (χ1v) is 9.97. The largest absolute Gasteiger partial charge is 0.341 e. The second kappa shape index (κ2) is 8.58. The van der Waals surface area contributed by atoms with Crippen LogP contribution in [0.4, 0.5) is 0 Å². The number of pyridine rings is 1. The van der Waals surface area contributed by atoms with Gasteiger partial charge < -0.3 is 10.2 Å². The molecule has 2 aromatic rings. The summed E-state index contributed by atoms with van der Waals surface area (Å²) in [5.74, 6) is 3.63. The summed E-state index contributed by atoms with van der Waals surface area (Å²) in [6.45, 7) is 0.513. The molecule has 0 aliphatic carbocycles. The highest BCUT2D eigenvalue weighted by Gasteiger charge is 2.38. The van der Waals surface area contributed by atoms with E-state index in [1.807, 2.05) is 6.07 Å². The monoisotopic (exact) mass is 436 g/mol. The normalized spacial score (nSPS) is 17.5. The Morgan fingerprint density at radius 3 is 2.87 bits per heavy atom. The zero-order valence-corrected chi connectivity index (χ0v) is 17.0. The van der Waals surface area contributed by atoms with Gasteiger partial charge in [0.25, 0.3) is 11.8 Å². The molecule has 8 nitrogen and oxygen atoms in total. The van der Waals surface area contributed by atoms with Gasteiger partial charge in [-0.25, -0.2) is 4.98 Å². The van der Waals surface area contributed by atoms with E-state index >= 15 is 0 Å². The standard InChI is InChI=1S/C22H17ClN4O4/c23-18-3-1-2-15(25-18)5-8-19(28)24-11-13-4-6-16-14(10-13)12-27(22(16)31)17-7-9-20(29)26-21(17)30/h1-4,6,10,17H,7,9,11-12H2,(H,24,28)(H,26,29,30). The first-order valence-electron chi connectivity index (χ1n) is 9.59. The van der Waals surface area contributed by atoms with Crippen molar-refractivity contribution in [2.45, 2.75) is 32.0 Å². The number of nitrogens with one attached hydrogen (secondary N) is 2. The lowest BCUT2D eigenvalue weighted by Crippen LogP contribution is -2.52. The van der Waals surface area contributed by atoms with Crippen LogP contribution >= 0.6 is 11.6 Å². The number of rotatable bonds is 3. The van der Waals surface area contributed by atoms with Crippen molar-refractivity contribution < 1.29 is 19.2 Å². The molecular formula is C22H17ClN4O4. The van der Waals surface area contributed by atoms with Gasteiger partial charge in [0.1, 0.15) is 16.9 Å². The SMILES string of the molecule is O=C(C#Cc1cccc(Cl)n1)NCc1ccc2c(c1)CN(C1CCC(=O)NC1=O)C2=O. The number of nitrogens with zero attached hydrogens (tertiary/aromatic N) is 2. The molecule has 1 aromatic heterocycles. The molecule has 1 saturated heterocycles. The maximum atomic E-state index is 12.7. The molecule has 4 rings (SSSR count). The van der Waals surface area contributed by atoms with E-state index in [9.17, 15) is 19.2 Å². The predicted molar refractivity (Wildman–Crippen MR) is 110 cm³/mol. The topological polar surface area (TPSA) is 108 Å². The van der Waals surface area contributed by atoms with Crippen LogP contribution < -0.4 is 10.6 Å². The van der Waals surface area contributed by atoms with Crippen LogP contribution in [0.5, 0.6) is 0 Å². The van der Waals surface area contributed by atoms with Crippen LogP contribution in [0.25, 0.3) is 0 Å². The van der Waals surface area contributed by atoms with E-state index in [-0.39, 0.29) is 31.3 Å². The molecule has 2 aliphatic rings. The van der Waals surface area contributed by atoms with Gasteiger partial charge in [0.2, 0.25) is 11.8 Å². The molecule has 2 aliphatic heterocycles. The molecule has 1 atom stereocenters. The van der Waals surface area contributed by atoms with Crippen molar-refractivity contribution in [2.24, 2.45) is 0 Å². The maximum absolute atomic E-state index is 12.7. The molecule has 9 heteroatoms. The number of benzene rings is 1. The lowest BCUT2D eigenvalue weighted by Gasteiger charge is -2.29. The molecule has 3 heterocycles. The molecular weight excluding hydrogens is 420 g/mol. The number of amides is 4. The van der Waals surface area contributed by atoms with Gasteiger partial charge in [-0.1, -0.05) is 29.8 Å². The molecule has 156 valence electrons.